The van der Waals surface area contributed by atoms with E-state index in [-0.39, 0.29) is 0 Å². The molecule has 0 unspecified atom stereocenters. The van der Waals surface area contributed by atoms with E-state index in [2.05, 4.69) is 31.9 Å². The number of methoxy groups -OCH3 is 1. The summed E-state index contributed by atoms with van der Waals surface area (Å²) >= 11 is 1.47. The highest BCUT2D eigenvalue weighted by Crippen LogP contribution is 2.35. The molecule has 0 radical (unpaired) electrons. The molecule has 2 aliphatic rings. The average Bonchev–Trinajstić information content (AvgIpc) is 3.51. The van der Waals surface area contributed by atoms with E-state index in [9.17, 15) is 0 Å². The highest BCUT2D eigenvalue weighted by atomic mass is 32.1. The van der Waals surface area contributed by atoms with Crippen LogP contribution in [0.25, 0.3) is 21.5 Å². The monoisotopic (exact) mass is 461 g/mol. The molecule has 2 aromatic carbocycles. The van der Waals surface area contributed by atoms with Gasteiger partial charge < -0.3 is 19.1 Å². The molecule has 168 valence electrons. The van der Waals surface area contributed by atoms with Crippen LogP contribution in [0.4, 0.5) is 5.82 Å². The van der Waals surface area contributed by atoms with E-state index < -0.39 is 0 Å². The van der Waals surface area contributed by atoms with Gasteiger partial charge in [-0.1, -0.05) is 6.07 Å². The largest absolute Gasteiger partial charge is 0.497 e. The van der Waals surface area contributed by atoms with Gasteiger partial charge in [-0.2, -0.15) is 4.37 Å². The lowest BCUT2D eigenvalue weighted by molar-refractivity contribution is 0.174. The Morgan fingerprint density at radius 2 is 1.79 bits per heavy atom. The number of hydrogen-bond acceptors (Lipinski definition) is 9. The predicted molar refractivity (Wildman–Crippen MR) is 127 cm³/mol. The summed E-state index contributed by atoms with van der Waals surface area (Å²) in [5.41, 5.74) is 4.06. The second-order valence-electron chi connectivity index (χ2n) is 8.09. The Hall–Kier alpha value is -3.43. The Morgan fingerprint density at radius 3 is 2.61 bits per heavy atom. The van der Waals surface area contributed by atoms with Crippen molar-refractivity contribution in [2.45, 2.75) is 6.54 Å². The summed E-state index contributed by atoms with van der Waals surface area (Å²) in [6.45, 7) is 4.95. The number of anilines is 1. The molecule has 4 heterocycles. The number of ether oxygens (including phenoxy) is 3. The van der Waals surface area contributed by atoms with E-state index in [1.807, 2.05) is 30.3 Å². The Labute approximate surface area is 195 Å². The third-order valence-electron chi connectivity index (χ3n) is 6.12. The van der Waals surface area contributed by atoms with Crippen LogP contribution >= 0.6 is 11.5 Å². The van der Waals surface area contributed by atoms with E-state index in [0.29, 0.717) is 6.79 Å². The quantitative estimate of drug-likeness (QED) is 0.444. The minimum absolute atomic E-state index is 0.308. The summed E-state index contributed by atoms with van der Waals surface area (Å²) in [6, 6.07) is 14.1. The molecule has 1 fully saturated rings. The molecule has 0 amide bonds. The van der Waals surface area contributed by atoms with Crippen LogP contribution in [-0.2, 0) is 6.54 Å². The zero-order valence-electron chi connectivity index (χ0n) is 18.2. The molecule has 0 spiro atoms. The highest BCUT2D eigenvalue weighted by molar-refractivity contribution is 7.14. The average molecular weight is 462 g/mol. The third-order valence-corrected chi connectivity index (χ3v) is 6.95. The normalized spacial score (nSPS) is 15.8. The molecule has 0 N–H and O–H groups in total. The van der Waals surface area contributed by atoms with Crippen LogP contribution in [0.1, 0.15) is 5.56 Å². The second-order valence-corrected chi connectivity index (χ2v) is 8.86. The number of hydrogen-bond donors (Lipinski definition) is 0. The summed E-state index contributed by atoms with van der Waals surface area (Å²) < 4.78 is 22.0. The molecule has 0 saturated carbocycles. The van der Waals surface area contributed by atoms with Crippen molar-refractivity contribution >= 4 is 27.6 Å². The van der Waals surface area contributed by atoms with Gasteiger partial charge in [-0.25, -0.2) is 9.97 Å². The molecule has 2 aliphatic heterocycles. The van der Waals surface area contributed by atoms with Gasteiger partial charge in [0.05, 0.1) is 7.11 Å². The fourth-order valence-corrected chi connectivity index (χ4v) is 5.20. The zero-order chi connectivity index (χ0) is 22.2. The molecule has 0 aliphatic carbocycles. The number of rotatable bonds is 5. The smallest absolute Gasteiger partial charge is 0.231 e. The fraction of sp³-hybridized carbons (Fsp3) is 0.292. The molecular weight excluding hydrogens is 438 g/mol. The van der Waals surface area contributed by atoms with Crippen molar-refractivity contribution in [2.24, 2.45) is 0 Å². The van der Waals surface area contributed by atoms with Crippen LogP contribution in [0, 0.1) is 0 Å². The Morgan fingerprint density at radius 1 is 0.970 bits per heavy atom. The summed E-state index contributed by atoms with van der Waals surface area (Å²) in [6.07, 6.45) is 1.65. The molecule has 33 heavy (non-hydrogen) atoms. The minimum atomic E-state index is 0.308. The molecule has 0 atom stereocenters. The first-order chi connectivity index (χ1) is 16.3. The lowest BCUT2D eigenvalue weighted by Gasteiger charge is -2.35. The van der Waals surface area contributed by atoms with Gasteiger partial charge in [-0.15, -0.1) is 0 Å². The van der Waals surface area contributed by atoms with Crippen LogP contribution in [0.5, 0.6) is 17.2 Å². The number of piperazine rings is 1. The summed E-state index contributed by atoms with van der Waals surface area (Å²) in [4.78, 5) is 14.0. The van der Waals surface area contributed by atoms with Gasteiger partial charge in [0.1, 0.15) is 28.0 Å². The van der Waals surface area contributed by atoms with Crippen LogP contribution in [0.15, 0.2) is 48.8 Å². The highest BCUT2D eigenvalue weighted by Gasteiger charge is 2.23. The first-order valence-corrected chi connectivity index (χ1v) is 11.7. The Kier molecular flexibility index (Phi) is 5.20. The van der Waals surface area contributed by atoms with Crippen LogP contribution in [-0.4, -0.2) is 59.3 Å². The maximum Gasteiger partial charge on any atom is 0.231 e. The van der Waals surface area contributed by atoms with Gasteiger partial charge in [-0.05, 0) is 53.5 Å². The van der Waals surface area contributed by atoms with Crippen molar-refractivity contribution in [1.82, 2.24) is 19.2 Å². The molecule has 2 aromatic heterocycles. The van der Waals surface area contributed by atoms with Crippen molar-refractivity contribution < 1.29 is 14.2 Å². The van der Waals surface area contributed by atoms with Crippen molar-refractivity contribution in [3.8, 4) is 28.5 Å². The second kappa shape index (κ2) is 8.49. The number of fused-ring (bicyclic) bond motifs is 2. The maximum absolute atomic E-state index is 5.52. The van der Waals surface area contributed by atoms with Gasteiger partial charge in [0.25, 0.3) is 0 Å². The number of nitrogens with zero attached hydrogens (tertiary/aromatic N) is 5. The zero-order valence-corrected chi connectivity index (χ0v) is 19.0. The van der Waals surface area contributed by atoms with Crippen LogP contribution < -0.4 is 19.1 Å². The van der Waals surface area contributed by atoms with E-state index in [1.54, 1.807) is 13.4 Å². The minimum Gasteiger partial charge on any atom is -0.497 e. The SMILES string of the molecule is COc1ccc(-c2nsc3c(N4CCN(Cc5ccc6c(c5)OCO6)CC4)ncnc23)cc1. The van der Waals surface area contributed by atoms with Gasteiger partial charge in [0, 0.05) is 38.3 Å². The van der Waals surface area contributed by atoms with Crippen molar-refractivity contribution in [2.75, 3.05) is 45.0 Å². The topological polar surface area (TPSA) is 72.8 Å². The lowest BCUT2D eigenvalue weighted by Crippen LogP contribution is -2.46. The van der Waals surface area contributed by atoms with Gasteiger partial charge in [0.15, 0.2) is 17.3 Å². The molecular formula is C24H23N5O3S. The number of aromatic nitrogens is 3. The van der Waals surface area contributed by atoms with E-state index in [1.165, 1.54) is 17.1 Å². The van der Waals surface area contributed by atoms with Crippen LogP contribution in [0.2, 0.25) is 0 Å². The van der Waals surface area contributed by atoms with E-state index in [4.69, 9.17) is 18.6 Å². The Balaban J connectivity index is 1.17. The molecule has 1 saturated heterocycles. The van der Waals surface area contributed by atoms with E-state index in [0.717, 1.165) is 77.3 Å². The molecule has 6 rings (SSSR count). The van der Waals surface area contributed by atoms with Crippen molar-refractivity contribution in [3.63, 3.8) is 0 Å². The summed E-state index contributed by atoms with van der Waals surface area (Å²) in [7, 11) is 1.67. The third kappa shape index (κ3) is 3.83. The van der Waals surface area contributed by atoms with Crippen molar-refractivity contribution in [1.29, 1.82) is 0 Å². The molecule has 9 heteroatoms. The Bertz CT molecular complexity index is 1290. The number of benzene rings is 2. The summed E-state index contributed by atoms with van der Waals surface area (Å²) in [5.74, 6) is 3.47. The van der Waals surface area contributed by atoms with Gasteiger partial charge in [-0.3, -0.25) is 4.90 Å². The van der Waals surface area contributed by atoms with Crippen LogP contribution in [0.3, 0.4) is 0 Å². The van der Waals surface area contributed by atoms with E-state index >= 15 is 0 Å². The first kappa shape index (κ1) is 20.2. The molecule has 0 bridgehead atoms. The van der Waals surface area contributed by atoms with Crippen molar-refractivity contribution in [3.05, 3.63) is 54.4 Å². The standard InChI is InChI=1S/C24H23N5O3S/c1-30-18-5-3-17(4-6-18)21-22-23(33-27-21)24(26-14-25-22)29-10-8-28(9-11-29)13-16-2-7-19-20(12-16)32-15-31-19/h2-7,12,14H,8-11,13,15H2,1H3. The molecule has 8 nitrogen and oxygen atoms in total. The predicted octanol–water partition coefficient (Wildman–Crippen LogP) is 3.81. The summed E-state index contributed by atoms with van der Waals surface area (Å²) in [5, 5.41) is 0. The molecule has 4 aromatic rings. The maximum atomic E-state index is 5.52. The fourth-order valence-electron chi connectivity index (χ4n) is 4.33. The first-order valence-electron chi connectivity index (χ1n) is 10.9. The lowest BCUT2D eigenvalue weighted by atomic mass is 10.1. The van der Waals surface area contributed by atoms with Gasteiger partial charge in [0.2, 0.25) is 6.79 Å². The van der Waals surface area contributed by atoms with Gasteiger partial charge >= 0.3 is 0 Å².